The predicted octanol–water partition coefficient (Wildman–Crippen LogP) is 2.75. The molecule has 0 bridgehead atoms. The summed E-state index contributed by atoms with van der Waals surface area (Å²) >= 11 is 0. The van der Waals surface area contributed by atoms with E-state index < -0.39 is 0 Å². The molecule has 3 heteroatoms. The molecule has 1 rings (SSSR count). The molecular weight excluding hydrogens is 234 g/mol. The minimum Gasteiger partial charge on any atom is -0.330 e. The molecule has 0 spiro atoms. The Morgan fingerprint density at radius 3 is 2.42 bits per heavy atom. The first-order chi connectivity index (χ1) is 9.20. The molecule has 3 nitrogen and oxygen atoms in total. The molecule has 0 aliphatic rings. The second kappa shape index (κ2) is 9.08. The van der Waals surface area contributed by atoms with Crippen molar-refractivity contribution < 1.29 is 0 Å². The van der Waals surface area contributed by atoms with Gasteiger partial charge in [-0.3, -0.25) is 5.32 Å². The molecule has 1 aromatic carbocycles. The van der Waals surface area contributed by atoms with Crippen molar-refractivity contribution in [1.82, 2.24) is 5.32 Å². The van der Waals surface area contributed by atoms with Crippen LogP contribution in [0.3, 0.4) is 0 Å². The molecule has 1 aromatic rings. The molecule has 1 atom stereocenters. The monoisotopic (exact) mass is 263 g/mol. The number of hydrogen-bond acceptors (Lipinski definition) is 3. The van der Waals surface area contributed by atoms with E-state index in [4.69, 9.17) is 11.5 Å². The summed E-state index contributed by atoms with van der Waals surface area (Å²) in [6, 6.07) is 10.4. The number of unbranched alkanes of at least 4 members (excludes halogenated alkanes) is 2. The Balaban J connectivity index is 2.41. The normalized spacial score (nSPS) is 14.3. The highest BCUT2D eigenvalue weighted by Gasteiger charge is 2.22. The van der Waals surface area contributed by atoms with Gasteiger partial charge in [-0.15, -0.1) is 0 Å². The second-order valence-electron chi connectivity index (χ2n) is 5.34. The lowest BCUT2D eigenvalue weighted by molar-refractivity contribution is 0.275. The molecule has 0 fully saturated rings. The number of benzene rings is 1. The van der Waals surface area contributed by atoms with Gasteiger partial charge < -0.3 is 11.5 Å². The molecule has 0 heterocycles. The van der Waals surface area contributed by atoms with Crippen LogP contribution in [0.2, 0.25) is 0 Å². The Labute approximate surface area is 117 Å². The van der Waals surface area contributed by atoms with Gasteiger partial charge in [-0.05, 0) is 31.4 Å². The van der Waals surface area contributed by atoms with Crippen molar-refractivity contribution in [2.45, 2.75) is 57.7 Å². The van der Waals surface area contributed by atoms with Crippen LogP contribution in [-0.2, 0) is 6.54 Å². The van der Waals surface area contributed by atoms with E-state index in [1.165, 1.54) is 12.0 Å². The Hall–Kier alpha value is -0.900. The lowest BCUT2D eigenvalue weighted by Crippen LogP contribution is -2.52. The van der Waals surface area contributed by atoms with E-state index in [0.717, 1.165) is 45.2 Å². The third kappa shape index (κ3) is 6.71. The first-order valence-electron chi connectivity index (χ1n) is 7.48. The van der Waals surface area contributed by atoms with Crippen LogP contribution in [0.1, 0.15) is 51.0 Å². The van der Waals surface area contributed by atoms with Crippen LogP contribution in [0.15, 0.2) is 30.3 Å². The maximum absolute atomic E-state index is 6.50. The molecule has 0 amide bonds. The minimum atomic E-state index is -0.237. The first-order valence-corrected chi connectivity index (χ1v) is 7.48. The lowest BCUT2D eigenvalue weighted by atomic mass is 9.97. The van der Waals surface area contributed by atoms with Crippen molar-refractivity contribution in [1.29, 1.82) is 0 Å². The van der Waals surface area contributed by atoms with Crippen LogP contribution in [0.5, 0.6) is 0 Å². The quantitative estimate of drug-likeness (QED) is 0.449. The summed E-state index contributed by atoms with van der Waals surface area (Å²) in [5.41, 5.74) is 13.1. The van der Waals surface area contributed by atoms with Crippen molar-refractivity contribution >= 4 is 0 Å². The Kier molecular flexibility index (Phi) is 7.72. The average molecular weight is 263 g/mol. The molecule has 0 aliphatic heterocycles. The van der Waals surface area contributed by atoms with Gasteiger partial charge in [-0.25, -0.2) is 0 Å². The molecule has 19 heavy (non-hydrogen) atoms. The van der Waals surface area contributed by atoms with Crippen molar-refractivity contribution in [3.8, 4) is 0 Å². The average Bonchev–Trinajstić information content (AvgIpc) is 2.43. The number of rotatable bonds is 10. The van der Waals surface area contributed by atoms with Gasteiger partial charge in [0, 0.05) is 6.54 Å². The van der Waals surface area contributed by atoms with Crippen LogP contribution >= 0.6 is 0 Å². The van der Waals surface area contributed by atoms with Crippen LogP contribution in [-0.4, -0.2) is 12.2 Å². The third-order valence-electron chi connectivity index (χ3n) is 3.51. The SMILES string of the molecule is CCCC(N)(CCCCCN)NCc1ccccc1. The molecule has 0 radical (unpaired) electrons. The molecule has 1 unspecified atom stereocenters. The fourth-order valence-corrected chi connectivity index (χ4v) is 2.38. The summed E-state index contributed by atoms with van der Waals surface area (Å²) in [5, 5.41) is 3.54. The zero-order chi connectivity index (χ0) is 14.0. The Morgan fingerprint density at radius 2 is 1.79 bits per heavy atom. The summed E-state index contributed by atoms with van der Waals surface area (Å²) in [6.07, 6.45) is 6.56. The minimum absolute atomic E-state index is 0.237. The van der Waals surface area contributed by atoms with Crippen molar-refractivity contribution in [3.05, 3.63) is 35.9 Å². The van der Waals surface area contributed by atoms with Crippen LogP contribution in [0.25, 0.3) is 0 Å². The van der Waals surface area contributed by atoms with Gasteiger partial charge in [0.05, 0.1) is 5.66 Å². The van der Waals surface area contributed by atoms with E-state index in [2.05, 4.69) is 36.5 Å². The molecule has 0 saturated heterocycles. The molecule has 0 saturated carbocycles. The predicted molar refractivity (Wildman–Crippen MR) is 82.6 cm³/mol. The topological polar surface area (TPSA) is 64.1 Å². The fraction of sp³-hybridized carbons (Fsp3) is 0.625. The van der Waals surface area contributed by atoms with Gasteiger partial charge in [0.25, 0.3) is 0 Å². The summed E-state index contributed by atoms with van der Waals surface area (Å²) in [7, 11) is 0. The maximum Gasteiger partial charge on any atom is 0.0664 e. The van der Waals surface area contributed by atoms with Gasteiger partial charge in [0.15, 0.2) is 0 Å². The van der Waals surface area contributed by atoms with Gasteiger partial charge in [-0.1, -0.05) is 56.5 Å². The first kappa shape index (κ1) is 16.2. The van der Waals surface area contributed by atoms with Gasteiger partial charge in [0.2, 0.25) is 0 Å². The zero-order valence-corrected chi connectivity index (χ0v) is 12.2. The highest BCUT2D eigenvalue weighted by molar-refractivity contribution is 5.14. The summed E-state index contributed by atoms with van der Waals surface area (Å²) in [5.74, 6) is 0. The van der Waals surface area contributed by atoms with Gasteiger partial charge >= 0.3 is 0 Å². The number of hydrogen-bond donors (Lipinski definition) is 3. The standard InChI is InChI=1S/C16H29N3/c1-2-11-16(18,12-7-4-8-13-17)19-14-15-9-5-3-6-10-15/h3,5-6,9-10,19H,2,4,7-8,11-14,17-18H2,1H3. The lowest BCUT2D eigenvalue weighted by Gasteiger charge is -2.31. The summed E-state index contributed by atoms with van der Waals surface area (Å²) in [4.78, 5) is 0. The van der Waals surface area contributed by atoms with Crippen LogP contribution in [0, 0.1) is 0 Å². The molecule has 108 valence electrons. The summed E-state index contributed by atoms with van der Waals surface area (Å²) in [6.45, 7) is 3.81. The van der Waals surface area contributed by atoms with Crippen LogP contribution < -0.4 is 16.8 Å². The smallest absolute Gasteiger partial charge is 0.0664 e. The molecular formula is C16H29N3. The largest absolute Gasteiger partial charge is 0.330 e. The van der Waals surface area contributed by atoms with Gasteiger partial charge in [0.1, 0.15) is 0 Å². The molecule has 5 N–H and O–H groups in total. The van der Waals surface area contributed by atoms with E-state index >= 15 is 0 Å². The van der Waals surface area contributed by atoms with Crippen molar-refractivity contribution in [2.75, 3.05) is 6.54 Å². The Morgan fingerprint density at radius 1 is 1.05 bits per heavy atom. The van der Waals surface area contributed by atoms with Gasteiger partial charge in [-0.2, -0.15) is 0 Å². The highest BCUT2D eigenvalue weighted by atomic mass is 15.1. The van der Waals surface area contributed by atoms with E-state index in [-0.39, 0.29) is 5.66 Å². The second-order valence-corrected chi connectivity index (χ2v) is 5.34. The van der Waals surface area contributed by atoms with E-state index in [9.17, 15) is 0 Å². The third-order valence-corrected chi connectivity index (χ3v) is 3.51. The van der Waals surface area contributed by atoms with Crippen LogP contribution in [0.4, 0.5) is 0 Å². The molecule has 0 aliphatic carbocycles. The molecule has 0 aromatic heterocycles. The van der Waals surface area contributed by atoms with Crippen molar-refractivity contribution in [2.24, 2.45) is 11.5 Å². The number of nitrogens with two attached hydrogens (primary N) is 2. The summed E-state index contributed by atoms with van der Waals surface area (Å²) < 4.78 is 0. The fourth-order valence-electron chi connectivity index (χ4n) is 2.38. The van der Waals surface area contributed by atoms with E-state index in [0.29, 0.717) is 0 Å². The van der Waals surface area contributed by atoms with E-state index in [1.54, 1.807) is 0 Å². The zero-order valence-electron chi connectivity index (χ0n) is 12.2. The number of nitrogens with one attached hydrogen (secondary N) is 1. The van der Waals surface area contributed by atoms with Crippen molar-refractivity contribution in [3.63, 3.8) is 0 Å². The maximum atomic E-state index is 6.50. The van der Waals surface area contributed by atoms with E-state index in [1.807, 2.05) is 6.07 Å². The Bertz CT molecular complexity index is 326. The highest BCUT2D eigenvalue weighted by Crippen LogP contribution is 2.16.